The summed E-state index contributed by atoms with van der Waals surface area (Å²) in [4.78, 5) is 16.7. The second-order valence-electron chi connectivity index (χ2n) is 6.42. The molecule has 0 saturated carbocycles. The van der Waals surface area contributed by atoms with E-state index in [1.165, 1.54) is 12.8 Å². The van der Waals surface area contributed by atoms with E-state index in [4.69, 9.17) is 4.74 Å². The van der Waals surface area contributed by atoms with Crippen LogP contribution in [0.2, 0.25) is 0 Å². The maximum absolute atomic E-state index is 12.3. The van der Waals surface area contributed by atoms with Gasteiger partial charge in [-0.25, -0.2) is 4.79 Å². The molecule has 2 amide bonds. The molecule has 5 nitrogen and oxygen atoms in total. The summed E-state index contributed by atoms with van der Waals surface area (Å²) in [5.74, 6) is 0. The minimum atomic E-state index is 0.0489. The summed E-state index contributed by atoms with van der Waals surface area (Å²) in [5.41, 5.74) is 1.13. The summed E-state index contributed by atoms with van der Waals surface area (Å²) >= 11 is 0. The van der Waals surface area contributed by atoms with Gasteiger partial charge in [-0.15, -0.1) is 0 Å². The molecular weight excluding hydrogens is 290 g/mol. The van der Waals surface area contributed by atoms with Gasteiger partial charge in [-0.05, 0) is 31.4 Å². The average Bonchev–Trinajstić information content (AvgIpc) is 2.98. The third-order valence-corrected chi connectivity index (χ3v) is 4.65. The lowest BCUT2D eigenvalue weighted by Gasteiger charge is -2.24. The molecule has 0 radical (unpaired) electrons. The van der Waals surface area contributed by atoms with Crippen molar-refractivity contribution in [3.63, 3.8) is 0 Å². The third-order valence-electron chi connectivity index (χ3n) is 4.65. The number of hydrogen-bond donors (Lipinski definition) is 1. The van der Waals surface area contributed by atoms with Crippen molar-refractivity contribution in [1.29, 1.82) is 0 Å². The molecule has 5 heteroatoms. The number of ether oxygens (including phenoxy) is 1. The first-order chi connectivity index (χ1) is 11.3. The minimum Gasteiger partial charge on any atom is -0.377 e. The molecule has 1 atom stereocenters. The first-order valence-electron chi connectivity index (χ1n) is 8.72. The molecule has 2 saturated heterocycles. The zero-order chi connectivity index (χ0) is 15.9. The Morgan fingerprint density at radius 1 is 1.13 bits per heavy atom. The Hall–Kier alpha value is -1.59. The Balaban J connectivity index is 1.42. The van der Waals surface area contributed by atoms with E-state index in [-0.39, 0.29) is 6.03 Å². The largest absolute Gasteiger partial charge is 0.377 e. The van der Waals surface area contributed by atoms with Crippen LogP contribution in [0.4, 0.5) is 4.79 Å². The lowest BCUT2D eigenvalue weighted by molar-refractivity contribution is 0.0746. The number of urea groups is 1. The fourth-order valence-electron chi connectivity index (χ4n) is 3.32. The molecule has 1 aromatic rings. The standard InChI is InChI=1S/C18H27N3O2/c22-18(19-14-16-6-2-1-3-7-16)21-10-5-9-20(11-12-21)15-17-8-4-13-23-17/h1-3,6-7,17H,4-5,8-15H2,(H,19,22). The van der Waals surface area contributed by atoms with E-state index < -0.39 is 0 Å². The van der Waals surface area contributed by atoms with Crippen molar-refractivity contribution >= 4 is 6.03 Å². The van der Waals surface area contributed by atoms with Crippen LogP contribution < -0.4 is 5.32 Å². The highest BCUT2D eigenvalue weighted by atomic mass is 16.5. The van der Waals surface area contributed by atoms with E-state index >= 15 is 0 Å². The number of amides is 2. The van der Waals surface area contributed by atoms with Gasteiger partial charge in [0.05, 0.1) is 6.10 Å². The normalized spacial score (nSPS) is 22.8. The molecule has 126 valence electrons. The van der Waals surface area contributed by atoms with Gasteiger partial charge in [0.1, 0.15) is 0 Å². The minimum absolute atomic E-state index is 0.0489. The first kappa shape index (κ1) is 16.3. The predicted octanol–water partition coefficient (Wildman–Crippen LogP) is 2.08. The highest BCUT2D eigenvalue weighted by molar-refractivity contribution is 5.74. The van der Waals surface area contributed by atoms with Crippen LogP contribution in [0.5, 0.6) is 0 Å². The summed E-state index contributed by atoms with van der Waals surface area (Å²) < 4.78 is 5.72. The lowest BCUT2D eigenvalue weighted by Crippen LogP contribution is -2.42. The van der Waals surface area contributed by atoms with Crippen LogP contribution in [0.15, 0.2) is 30.3 Å². The molecule has 0 bridgehead atoms. The SMILES string of the molecule is O=C(NCc1ccccc1)N1CCCN(CC2CCCO2)CC1. The van der Waals surface area contributed by atoms with Crippen molar-refractivity contribution in [2.45, 2.75) is 31.9 Å². The van der Waals surface area contributed by atoms with E-state index in [1.807, 2.05) is 35.2 Å². The Labute approximate surface area is 138 Å². The Morgan fingerprint density at radius 2 is 2.00 bits per heavy atom. The number of nitrogens with zero attached hydrogens (tertiary/aromatic N) is 2. The van der Waals surface area contributed by atoms with Crippen LogP contribution in [-0.4, -0.2) is 61.3 Å². The zero-order valence-electron chi connectivity index (χ0n) is 13.7. The second kappa shape index (κ2) is 8.31. The Kier molecular flexibility index (Phi) is 5.88. The highest BCUT2D eigenvalue weighted by Crippen LogP contribution is 2.14. The summed E-state index contributed by atoms with van der Waals surface area (Å²) in [7, 11) is 0. The van der Waals surface area contributed by atoms with Gasteiger partial charge in [-0.2, -0.15) is 0 Å². The molecule has 1 unspecified atom stereocenters. The topological polar surface area (TPSA) is 44.8 Å². The monoisotopic (exact) mass is 317 g/mol. The fourth-order valence-corrected chi connectivity index (χ4v) is 3.32. The molecule has 1 N–H and O–H groups in total. The molecule has 23 heavy (non-hydrogen) atoms. The van der Waals surface area contributed by atoms with Gasteiger partial charge in [-0.3, -0.25) is 4.90 Å². The molecular formula is C18H27N3O2. The van der Waals surface area contributed by atoms with E-state index in [1.54, 1.807) is 0 Å². The molecule has 3 rings (SSSR count). The first-order valence-corrected chi connectivity index (χ1v) is 8.72. The number of carbonyl (C=O) groups is 1. The highest BCUT2D eigenvalue weighted by Gasteiger charge is 2.23. The lowest BCUT2D eigenvalue weighted by atomic mass is 10.2. The molecule has 2 fully saturated rings. The molecule has 0 spiro atoms. The van der Waals surface area contributed by atoms with Gasteiger partial charge in [0.25, 0.3) is 0 Å². The molecule has 2 heterocycles. The summed E-state index contributed by atoms with van der Waals surface area (Å²) in [5, 5.41) is 3.03. The van der Waals surface area contributed by atoms with Crippen molar-refractivity contribution in [3.8, 4) is 0 Å². The second-order valence-corrected chi connectivity index (χ2v) is 6.42. The number of rotatable bonds is 4. The van der Waals surface area contributed by atoms with Crippen molar-refractivity contribution in [2.24, 2.45) is 0 Å². The van der Waals surface area contributed by atoms with Crippen molar-refractivity contribution in [1.82, 2.24) is 15.1 Å². The van der Waals surface area contributed by atoms with Crippen molar-refractivity contribution in [2.75, 3.05) is 39.3 Å². The van der Waals surface area contributed by atoms with Gasteiger partial charge in [0, 0.05) is 39.3 Å². The third kappa shape index (κ3) is 4.94. The zero-order valence-corrected chi connectivity index (χ0v) is 13.7. The average molecular weight is 317 g/mol. The van der Waals surface area contributed by atoms with E-state index in [0.29, 0.717) is 12.6 Å². The van der Waals surface area contributed by atoms with E-state index in [2.05, 4.69) is 10.2 Å². The van der Waals surface area contributed by atoms with Crippen LogP contribution >= 0.6 is 0 Å². The number of benzene rings is 1. The van der Waals surface area contributed by atoms with Gasteiger partial charge < -0.3 is 15.0 Å². The molecule has 0 aromatic heterocycles. The maximum Gasteiger partial charge on any atom is 0.317 e. The van der Waals surface area contributed by atoms with Crippen LogP contribution in [0, 0.1) is 0 Å². The van der Waals surface area contributed by atoms with Gasteiger partial charge in [-0.1, -0.05) is 30.3 Å². The van der Waals surface area contributed by atoms with Crippen LogP contribution in [0.1, 0.15) is 24.8 Å². The van der Waals surface area contributed by atoms with Crippen molar-refractivity contribution in [3.05, 3.63) is 35.9 Å². The molecule has 1 aromatic carbocycles. The number of nitrogens with one attached hydrogen (secondary N) is 1. The van der Waals surface area contributed by atoms with Gasteiger partial charge in [0.2, 0.25) is 0 Å². The van der Waals surface area contributed by atoms with Crippen LogP contribution in [0.3, 0.4) is 0 Å². The van der Waals surface area contributed by atoms with Gasteiger partial charge >= 0.3 is 6.03 Å². The van der Waals surface area contributed by atoms with E-state index in [9.17, 15) is 4.79 Å². The quantitative estimate of drug-likeness (QED) is 0.925. The smallest absolute Gasteiger partial charge is 0.317 e. The number of carbonyl (C=O) groups excluding carboxylic acids is 1. The summed E-state index contributed by atoms with van der Waals surface area (Å²) in [6.07, 6.45) is 3.80. The number of hydrogen-bond acceptors (Lipinski definition) is 3. The molecule has 0 aliphatic carbocycles. The molecule has 2 aliphatic heterocycles. The fraction of sp³-hybridized carbons (Fsp3) is 0.611. The predicted molar refractivity (Wildman–Crippen MR) is 90.3 cm³/mol. The Morgan fingerprint density at radius 3 is 2.78 bits per heavy atom. The van der Waals surface area contributed by atoms with E-state index in [0.717, 1.165) is 51.3 Å². The maximum atomic E-state index is 12.3. The summed E-state index contributed by atoms with van der Waals surface area (Å²) in [6, 6.07) is 10.1. The molecule has 2 aliphatic rings. The van der Waals surface area contributed by atoms with Crippen LogP contribution in [0.25, 0.3) is 0 Å². The van der Waals surface area contributed by atoms with Gasteiger partial charge in [0.15, 0.2) is 0 Å². The van der Waals surface area contributed by atoms with Crippen molar-refractivity contribution < 1.29 is 9.53 Å². The van der Waals surface area contributed by atoms with Crippen LogP contribution in [-0.2, 0) is 11.3 Å². The Bertz CT molecular complexity index is 488. The summed E-state index contributed by atoms with van der Waals surface area (Å²) in [6.45, 7) is 6.15.